The fraction of sp³-hybridized carbons (Fsp3) is 0.250. The fourth-order valence-electron chi connectivity index (χ4n) is 3.93. The smallest absolute Gasteiger partial charge is 0.422 e. The number of methoxy groups -OCH3 is 1. The van der Waals surface area contributed by atoms with Crippen LogP contribution in [0.5, 0.6) is 0 Å². The van der Waals surface area contributed by atoms with Crippen LogP contribution in [0.3, 0.4) is 0 Å². The summed E-state index contributed by atoms with van der Waals surface area (Å²) < 4.78 is 80.4. The van der Waals surface area contributed by atoms with Crippen LogP contribution in [-0.4, -0.2) is 44.5 Å². The number of ether oxygens (including phenoxy) is 1. The molecule has 12 heteroatoms. The summed E-state index contributed by atoms with van der Waals surface area (Å²) in [6, 6.07) is 11.0. The third-order valence-corrected chi connectivity index (χ3v) is 5.73. The summed E-state index contributed by atoms with van der Waals surface area (Å²) in [6.07, 6.45) is -1.81. The second kappa shape index (κ2) is 8.94. The maximum absolute atomic E-state index is 14.5. The molecule has 1 aromatic carbocycles. The quantitative estimate of drug-likeness (QED) is 0.205. The third-order valence-electron chi connectivity index (χ3n) is 5.73. The first kappa shape index (κ1) is 23.8. The highest BCUT2D eigenvalue weighted by Crippen LogP contribution is 2.45. The lowest BCUT2D eigenvalue weighted by molar-refractivity contribution is -0.290. The SMILES string of the molecule is COCCCc1ccc(-c2cc(C(F)(F)C(F)(F)F)nc3c2ccc2nc(-c4nnco4)cn23)cc1. The standard InChI is InChI=1S/C24H18F5N5O2/c1-35-10-2-3-14-4-6-15(7-5-14)17-11-19(23(25,26)24(27,28)29)32-21-16(17)8-9-20-31-18(12-34(20)21)22-33-30-13-36-22/h4-9,11-13H,2-3,10H2,1H3. The molecule has 0 radical (unpaired) electrons. The van der Waals surface area contributed by atoms with E-state index in [-0.39, 0.29) is 28.4 Å². The zero-order valence-electron chi connectivity index (χ0n) is 18.8. The van der Waals surface area contributed by atoms with Crippen molar-refractivity contribution >= 4 is 16.7 Å². The number of rotatable bonds is 7. The minimum atomic E-state index is -5.83. The van der Waals surface area contributed by atoms with E-state index in [2.05, 4.69) is 20.2 Å². The van der Waals surface area contributed by atoms with Gasteiger partial charge < -0.3 is 9.15 Å². The van der Waals surface area contributed by atoms with Crippen molar-refractivity contribution in [2.75, 3.05) is 13.7 Å². The first-order valence-corrected chi connectivity index (χ1v) is 10.8. The molecule has 4 heterocycles. The van der Waals surface area contributed by atoms with Crippen LogP contribution in [0.15, 0.2) is 59.5 Å². The van der Waals surface area contributed by atoms with Crippen LogP contribution in [0, 0.1) is 0 Å². The third kappa shape index (κ3) is 4.17. The van der Waals surface area contributed by atoms with Crippen LogP contribution < -0.4 is 0 Å². The minimum absolute atomic E-state index is 0.0629. The van der Waals surface area contributed by atoms with Gasteiger partial charge in [-0.05, 0) is 47.7 Å². The average molecular weight is 503 g/mol. The van der Waals surface area contributed by atoms with E-state index in [1.807, 2.05) is 12.1 Å². The van der Waals surface area contributed by atoms with Gasteiger partial charge in [0.25, 0.3) is 5.89 Å². The number of pyridine rings is 2. The van der Waals surface area contributed by atoms with E-state index in [9.17, 15) is 22.0 Å². The lowest BCUT2D eigenvalue weighted by atomic mass is 9.98. The lowest BCUT2D eigenvalue weighted by Gasteiger charge is -2.21. The van der Waals surface area contributed by atoms with Crippen molar-refractivity contribution in [1.29, 1.82) is 0 Å². The Morgan fingerprint density at radius 2 is 1.78 bits per heavy atom. The first-order chi connectivity index (χ1) is 17.2. The van der Waals surface area contributed by atoms with Crippen molar-refractivity contribution in [2.45, 2.75) is 24.9 Å². The molecule has 0 amide bonds. The number of halogens is 5. The molecule has 0 N–H and O–H groups in total. The fourth-order valence-corrected chi connectivity index (χ4v) is 3.93. The van der Waals surface area contributed by atoms with Gasteiger partial charge in [0, 0.05) is 25.3 Å². The van der Waals surface area contributed by atoms with Crippen LogP contribution in [0.1, 0.15) is 17.7 Å². The predicted molar refractivity (Wildman–Crippen MR) is 119 cm³/mol. The summed E-state index contributed by atoms with van der Waals surface area (Å²) in [4.78, 5) is 8.06. The summed E-state index contributed by atoms with van der Waals surface area (Å²) in [6.45, 7) is 0.582. The van der Waals surface area contributed by atoms with Crippen molar-refractivity contribution in [2.24, 2.45) is 0 Å². The Morgan fingerprint density at radius 3 is 2.44 bits per heavy atom. The maximum atomic E-state index is 14.5. The molecule has 5 aromatic rings. The van der Waals surface area contributed by atoms with Gasteiger partial charge in [-0.1, -0.05) is 24.3 Å². The van der Waals surface area contributed by atoms with Crippen molar-refractivity contribution in [3.63, 3.8) is 0 Å². The van der Waals surface area contributed by atoms with E-state index in [1.165, 1.54) is 10.6 Å². The number of imidazole rings is 1. The Balaban J connectivity index is 1.71. The van der Waals surface area contributed by atoms with Crippen molar-refractivity contribution in [1.82, 2.24) is 24.6 Å². The molecule has 186 valence electrons. The van der Waals surface area contributed by atoms with Crippen molar-refractivity contribution < 1.29 is 31.1 Å². The molecule has 0 bridgehead atoms. The van der Waals surface area contributed by atoms with Gasteiger partial charge in [0.1, 0.15) is 22.7 Å². The molecule has 0 fully saturated rings. The molecule has 0 aliphatic rings. The van der Waals surface area contributed by atoms with E-state index >= 15 is 0 Å². The number of fused-ring (bicyclic) bond motifs is 3. The second-order valence-corrected chi connectivity index (χ2v) is 8.09. The number of aryl methyl sites for hydroxylation is 1. The van der Waals surface area contributed by atoms with E-state index in [4.69, 9.17) is 9.15 Å². The molecule has 0 saturated heterocycles. The number of nitrogens with zero attached hydrogens (tertiary/aromatic N) is 5. The van der Waals surface area contributed by atoms with Crippen LogP contribution in [0.4, 0.5) is 22.0 Å². The van der Waals surface area contributed by atoms with E-state index in [0.29, 0.717) is 17.6 Å². The van der Waals surface area contributed by atoms with Gasteiger partial charge in [-0.15, -0.1) is 10.2 Å². The second-order valence-electron chi connectivity index (χ2n) is 8.09. The molecular formula is C24H18F5N5O2. The van der Waals surface area contributed by atoms with Crippen LogP contribution >= 0.6 is 0 Å². The maximum Gasteiger partial charge on any atom is 0.459 e. The molecule has 0 aliphatic carbocycles. The van der Waals surface area contributed by atoms with Gasteiger partial charge >= 0.3 is 12.1 Å². The molecular weight excluding hydrogens is 485 g/mol. The Hall–Kier alpha value is -3.93. The molecule has 5 rings (SSSR count). The van der Waals surface area contributed by atoms with Gasteiger partial charge in [0.15, 0.2) is 0 Å². The first-order valence-electron chi connectivity index (χ1n) is 10.8. The Kier molecular flexibility index (Phi) is 5.91. The molecule has 0 aliphatic heterocycles. The number of hydrogen-bond acceptors (Lipinski definition) is 6. The molecule has 4 aromatic heterocycles. The zero-order valence-corrected chi connectivity index (χ0v) is 18.8. The van der Waals surface area contributed by atoms with Crippen LogP contribution in [0.25, 0.3) is 39.4 Å². The Morgan fingerprint density at radius 1 is 1.00 bits per heavy atom. The molecule has 0 unspecified atom stereocenters. The number of hydrogen-bond donors (Lipinski definition) is 0. The highest BCUT2D eigenvalue weighted by atomic mass is 19.4. The van der Waals surface area contributed by atoms with E-state index < -0.39 is 17.8 Å². The molecule has 0 spiro atoms. The van der Waals surface area contributed by atoms with Crippen LogP contribution in [-0.2, 0) is 17.1 Å². The predicted octanol–water partition coefficient (Wildman–Crippen LogP) is 5.83. The number of alkyl halides is 5. The van der Waals surface area contributed by atoms with Crippen molar-refractivity contribution in [3.05, 3.63) is 66.3 Å². The molecule has 0 atom stereocenters. The molecule has 0 saturated carbocycles. The van der Waals surface area contributed by atoms with E-state index in [1.54, 1.807) is 31.4 Å². The lowest BCUT2D eigenvalue weighted by Crippen LogP contribution is -2.34. The summed E-state index contributed by atoms with van der Waals surface area (Å²) >= 11 is 0. The summed E-state index contributed by atoms with van der Waals surface area (Å²) in [5.74, 6) is -5.11. The summed E-state index contributed by atoms with van der Waals surface area (Å²) in [5.41, 5.74) is 0.572. The molecule has 36 heavy (non-hydrogen) atoms. The monoisotopic (exact) mass is 503 g/mol. The largest absolute Gasteiger partial charge is 0.459 e. The minimum Gasteiger partial charge on any atom is -0.422 e. The van der Waals surface area contributed by atoms with Gasteiger partial charge in [-0.2, -0.15) is 22.0 Å². The van der Waals surface area contributed by atoms with Gasteiger partial charge in [-0.25, -0.2) is 9.97 Å². The zero-order chi connectivity index (χ0) is 25.5. The molecule has 7 nitrogen and oxygen atoms in total. The highest BCUT2D eigenvalue weighted by molar-refractivity contribution is 5.94. The topological polar surface area (TPSA) is 78.3 Å². The number of benzene rings is 1. The van der Waals surface area contributed by atoms with Gasteiger partial charge in [0.2, 0.25) is 6.39 Å². The summed E-state index contributed by atoms with van der Waals surface area (Å²) in [7, 11) is 1.61. The highest BCUT2D eigenvalue weighted by Gasteiger charge is 2.60. The Bertz CT molecular complexity index is 1510. The summed E-state index contributed by atoms with van der Waals surface area (Å²) in [5, 5.41) is 7.70. The average Bonchev–Trinajstić information content (AvgIpc) is 3.53. The van der Waals surface area contributed by atoms with E-state index in [0.717, 1.165) is 30.9 Å². The van der Waals surface area contributed by atoms with Gasteiger partial charge in [0.05, 0.1) is 0 Å². The van der Waals surface area contributed by atoms with Gasteiger partial charge in [-0.3, -0.25) is 4.40 Å². The Labute approximate surface area is 200 Å². The van der Waals surface area contributed by atoms with Crippen molar-refractivity contribution in [3.8, 4) is 22.7 Å². The normalized spacial score (nSPS) is 12.6. The van der Waals surface area contributed by atoms with Crippen LogP contribution in [0.2, 0.25) is 0 Å². The number of aromatic nitrogens is 5.